The fraction of sp³-hybridized carbons (Fsp3) is 0.323. The number of carboxylic acid groups (broad SMARTS) is 1. The summed E-state index contributed by atoms with van der Waals surface area (Å²) < 4.78 is 38.7. The van der Waals surface area contributed by atoms with E-state index < -0.39 is 29.8 Å². The summed E-state index contributed by atoms with van der Waals surface area (Å²) in [6.07, 6.45) is -1.84. The number of carbonyl (C=O) groups is 3. The van der Waals surface area contributed by atoms with Crippen LogP contribution < -0.4 is 16.0 Å². The highest BCUT2D eigenvalue weighted by Gasteiger charge is 2.30. The normalized spacial score (nSPS) is 15.5. The van der Waals surface area contributed by atoms with Crippen molar-refractivity contribution in [3.8, 4) is 11.1 Å². The second kappa shape index (κ2) is 12.4. The smallest absolute Gasteiger partial charge is 0.416 e. The van der Waals surface area contributed by atoms with Crippen molar-refractivity contribution in [2.75, 3.05) is 10.6 Å². The SMILES string of the molecule is CC(C)[C@H](NC(=O)CC1CCc2cc(-c3ccc(NC(=O)Nc4cccc(C(F)(F)F)c4)cc3)ccc2C1)C(=O)O. The van der Waals surface area contributed by atoms with Gasteiger partial charge in [-0.05, 0) is 83.7 Å². The minimum atomic E-state index is -4.50. The molecule has 0 aliphatic heterocycles. The molecule has 0 saturated carbocycles. The lowest BCUT2D eigenvalue weighted by Crippen LogP contribution is -2.45. The lowest BCUT2D eigenvalue weighted by Gasteiger charge is -2.26. The molecule has 1 aliphatic rings. The van der Waals surface area contributed by atoms with Gasteiger partial charge in [-0.25, -0.2) is 9.59 Å². The highest BCUT2D eigenvalue weighted by Crippen LogP contribution is 2.32. The molecule has 3 aromatic rings. The van der Waals surface area contributed by atoms with E-state index in [4.69, 9.17) is 0 Å². The maximum atomic E-state index is 12.9. The number of hydrogen-bond acceptors (Lipinski definition) is 3. The van der Waals surface area contributed by atoms with Gasteiger partial charge in [-0.1, -0.05) is 50.2 Å². The van der Waals surface area contributed by atoms with Crippen LogP contribution in [0.25, 0.3) is 11.1 Å². The summed E-state index contributed by atoms with van der Waals surface area (Å²) in [4.78, 5) is 36.2. The van der Waals surface area contributed by atoms with Crippen LogP contribution in [0.15, 0.2) is 66.7 Å². The number of carboxylic acids is 1. The average molecular weight is 568 g/mol. The summed E-state index contributed by atoms with van der Waals surface area (Å²) in [5.41, 5.74) is 3.98. The largest absolute Gasteiger partial charge is 0.480 e. The van der Waals surface area contributed by atoms with Gasteiger partial charge in [0.25, 0.3) is 0 Å². The van der Waals surface area contributed by atoms with Crippen LogP contribution in [0.5, 0.6) is 0 Å². The minimum absolute atomic E-state index is 0.0332. The van der Waals surface area contributed by atoms with Gasteiger partial charge in [0.15, 0.2) is 0 Å². The lowest BCUT2D eigenvalue weighted by molar-refractivity contribution is -0.143. The molecule has 4 N–H and O–H groups in total. The molecule has 41 heavy (non-hydrogen) atoms. The van der Waals surface area contributed by atoms with Crippen LogP contribution in [0.1, 0.15) is 43.4 Å². The molecule has 0 spiro atoms. The highest BCUT2D eigenvalue weighted by molar-refractivity contribution is 5.99. The Hall–Kier alpha value is -4.34. The van der Waals surface area contributed by atoms with E-state index in [-0.39, 0.29) is 29.9 Å². The number of nitrogens with one attached hydrogen (secondary N) is 3. The molecule has 3 amide bonds. The summed E-state index contributed by atoms with van der Waals surface area (Å²) in [6.45, 7) is 3.53. The monoisotopic (exact) mass is 567 g/mol. The number of amides is 3. The number of hydrogen-bond donors (Lipinski definition) is 4. The molecule has 3 aromatic carbocycles. The number of alkyl halides is 3. The van der Waals surface area contributed by atoms with E-state index in [1.165, 1.54) is 23.3 Å². The van der Waals surface area contributed by atoms with Crippen LogP contribution in [-0.2, 0) is 28.6 Å². The number of aryl methyl sites for hydroxylation is 1. The number of anilines is 2. The summed E-state index contributed by atoms with van der Waals surface area (Å²) in [6, 6.07) is 16.2. The van der Waals surface area contributed by atoms with Crippen molar-refractivity contribution in [2.24, 2.45) is 11.8 Å². The van der Waals surface area contributed by atoms with Crippen LogP contribution in [0.2, 0.25) is 0 Å². The Bertz CT molecular complexity index is 1420. The van der Waals surface area contributed by atoms with Crippen LogP contribution in [0.4, 0.5) is 29.3 Å². The fourth-order valence-electron chi connectivity index (χ4n) is 5.01. The quantitative estimate of drug-likeness (QED) is 0.242. The van der Waals surface area contributed by atoms with Gasteiger partial charge in [0.05, 0.1) is 5.56 Å². The van der Waals surface area contributed by atoms with Gasteiger partial charge in [0.2, 0.25) is 5.91 Å². The van der Waals surface area contributed by atoms with Crippen molar-refractivity contribution in [1.29, 1.82) is 0 Å². The zero-order valence-electron chi connectivity index (χ0n) is 22.7. The van der Waals surface area contributed by atoms with E-state index in [0.717, 1.165) is 42.5 Å². The third-order valence-electron chi connectivity index (χ3n) is 7.18. The predicted octanol–water partition coefficient (Wildman–Crippen LogP) is 6.74. The molecule has 10 heteroatoms. The summed E-state index contributed by atoms with van der Waals surface area (Å²) in [5, 5.41) is 17.0. The zero-order chi connectivity index (χ0) is 29.7. The molecule has 0 heterocycles. The number of carbonyl (C=O) groups excluding carboxylic acids is 2. The van der Waals surface area contributed by atoms with Crippen LogP contribution in [0, 0.1) is 11.8 Å². The first-order valence-electron chi connectivity index (χ1n) is 13.4. The van der Waals surface area contributed by atoms with Crippen LogP contribution in [0.3, 0.4) is 0 Å². The summed E-state index contributed by atoms with van der Waals surface area (Å²) in [5.74, 6) is -1.33. The molecule has 4 rings (SSSR count). The second-order valence-corrected chi connectivity index (χ2v) is 10.7. The second-order valence-electron chi connectivity index (χ2n) is 10.7. The van der Waals surface area contributed by atoms with E-state index in [1.54, 1.807) is 26.0 Å². The van der Waals surface area contributed by atoms with Gasteiger partial charge in [-0.3, -0.25) is 4.79 Å². The van der Waals surface area contributed by atoms with Gasteiger partial charge in [-0.15, -0.1) is 0 Å². The average Bonchev–Trinajstić information content (AvgIpc) is 2.91. The third kappa shape index (κ3) is 7.87. The molecule has 0 bridgehead atoms. The Balaban J connectivity index is 1.33. The van der Waals surface area contributed by atoms with Crippen molar-refractivity contribution in [2.45, 2.75) is 51.7 Å². The molecule has 2 atom stereocenters. The van der Waals surface area contributed by atoms with Crippen molar-refractivity contribution < 1.29 is 32.7 Å². The molecule has 0 fully saturated rings. The van der Waals surface area contributed by atoms with Crippen LogP contribution in [-0.4, -0.2) is 29.1 Å². The molecule has 0 aromatic heterocycles. The number of aliphatic carboxylic acids is 1. The molecule has 7 nitrogen and oxygen atoms in total. The minimum Gasteiger partial charge on any atom is -0.480 e. The Morgan fingerprint density at radius 1 is 0.902 bits per heavy atom. The topological polar surface area (TPSA) is 108 Å². The number of halogens is 3. The number of rotatable bonds is 8. The first-order chi connectivity index (χ1) is 19.4. The lowest BCUT2D eigenvalue weighted by atomic mass is 9.81. The Kier molecular flexibility index (Phi) is 9.00. The van der Waals surface area contributed by atoms with Gasteiger partial charge < -0.3 is 21.1 Å². The van der Waals surface area contributed by atoms with Crippen molar-refractivity contribution in [3.05, 3.63) is 83.4 Å². The first kappa shape index (κ1) is 29.6. The number of benzene rings is 3. The summed E-state index contributed by atoms with van der Waals surface area (Å²) >= 11 is 0. The molecule has 0 saturated heterocycles. The highest BCUT2D eigenvalue weighted by atomic mass is 19.4. The van der Waals surface area contributed by atoms with Crippen molar-refractivity contribution >= 4 is 29.3 Å². The molecule has 216 valence electrons. The maximum absolute atomic E-state index is 12.9. The van der Waals surface area contributed by atoms with Crippen molar-refractivity contribution in [3.63, 3.8) is 0 Å². The van der Waals surface area contributed by atoms with Crippen LogP contribution >= 0.6 is 0 Å². The molecular formula is C31H32F3N3O4. The Morgan fingerprint density at radius 2 is 1.59 bits per heavy atom. The number of urea groups is 1. The van der Waals surface area contributed by atoms with E-state index in [1.807, 2.05) is 18.2 Å². The third-order valence-corrected chi connectivity index (χ3v) is 7.18. The summed E-state index contributed by atoms with van der Waals surface area (Å²) in [7, 11) is 0. The van der Waals surface area contributed by atoms with Gasteiger partial charge in [0, 0.05) is 17.8 Å². The fourth-order valence-corrected chi connectivity index (χ4v) is 5.01. The number of fused-ring (bicyclic) bond motifs is 1. The zero-order valence-corrected chi connectivity index (χ0v) is 22.7. The predicted molar refractivity (Wildman–Crippen MR) is 150 cm³/mol. The van der Waals surface area contributed by atoms with Gasteiger partial charge in [-0.2, -0.15) is 13.2 Å². The molecule has 0 radical (unpaired) electrons. The first-order valence-corrected chi connectivity index (χ1v) is 13.4. The van der Waals surface area contributed by atoms with Crippen molar-refractivity contribution in [1.82, 2.24) is 5.32 Å². The van der Waals surface area contributed by atoms with E-state index in [2.05, 4.69) is 28.1 Å². The van der Waals surface area contributed by atoms with E-state index in [0.29, 0.717) is 5.69 Å². The van der Waals surface area contributed by atoms with E-state index >= 15 is 0 Å². The van der Waals surface area contributed by atoms with Gasteiger partial charge >= 0.3 is 18.2 Å². The standard InChI is InChI=1S/C31H32F3N3O4/c1-18(2)28(29(39)40)37-27(38)15-19-6-7-23-16-22(9-8-21(23)14-19)20-10-12-25(13-11-20)35-30(41)36-26-5-3-4-24(17-26)31(32,33)34/h3-5,8-13,16-19,28H,6-7,14-15H2,1-2H3,(H,37,38)(H,39,40)(H2,35,36,41)/t19?,28-/m0/s1. The molecule has 1 unspecified atom stereocenters. The van der Waals surface area contributed by atoms with E-state index in [9.17, 15) is 32.7 Å². The Labute approximate surface area is 236 Å². The van der Waals surface area contributed by atoms with Gasteiger partial charge in [0.1, 0.15) is 6.04 Å². The molecular weight excluding hydrogens is 535 g/mol. The Morgan fingerprint density at radius 3 is 2.24 bits per heavy atom. The molecule has 1 aliphatic carbocycles. The maximum Gasteiger partial charge on any atom is 0.416 e.